The van der Waals surface area contributed by atoms with Crippen LogP contribution < -0.4 is 9.47 Å². The molecule has 3 aromatic rings. The molecule has 30 heavy (non-hydrogen) atoms. The van der Waals surface area contributed by atoms with Gasteiger partial charge in [0.1, 0.15) is 22.9 Å². The summed E-state index contributed by atoms with van der Waals surface area (Å²) in [7, 11) is 0. The Balaban J connectivity index is 1.87. The van der Waals surface area contributed by atoms with Crippen molar-refractivity contribution in [3.05, 3.63) is 59.2 Å². The van der Waals surface area contributed by atoms with E-state index in [1.54, 1.807) is 13.8 Å². The minimum atomic E-state index is -4.63. The number of carbonyl (C=O) groups excluding carboxylic acids is 1. The Morgan fingerprint density at radius 2 is 1.77 bits per heavy atom. The molecule has 0 aliphatic heterocycles. The van der Waals surface area contributed by atoms with Gasteiger partial charge in [-0.15, -0.1) is 0 Å². The van der Waals surface area contributed by atoms with Crippen molar-refractivity contribution in [3.63, 3.8) is 0 Å². The molecule has 0 amide bonds. The van der Waals surface area contributed by atoms with Crippen LogP contribution in [0.25, 0.3) is 10.9 Å². The Labute approximate surface area is 175 Å². The van der Waals surface area contributed by atoms with Crippen LogP contribution in [0.1, 0.15) is 19.5 Å². The number of alkyl halides is 3. The maximum atomic E-state index is 13.2. The van der Waals surface area contributed by atoms with Crippen LogP contribution in [0.5, 0.6) is 17.2 Å². The molecule has 0 saturated carbocycles. The first kappa shape index (κ1) is 21.7. The van der Waals surface area contributed by atoms with Crippen LogP contribution >= 0.6 is 11.6 Å². The fourth-order valence-electron chi connectivity index (χ4n) is 2.62. The first-order valence-corrected chi connectivity index (χ1v) is 9.34. The minimum absolute atomic E-state index is 0.0385. The number of benzene rings is 2. The maximum absolute atomic E-state index is 13.2. The molecule has 0 aliphatic rings. The van der Waals surface area contributed by atoms with Gasteiger partial charge in [-0.05, 0) is 56.3 Å². The number of esters is 1. The van der Waals surface area contributed by atoms with E-state index >= 15 is 0 Å². The van der Waals surface area contributed by atoms with Crippen molar-refractivity contribution >= 4 is 28.5 Å². The Morgan fingerprint density at radius 1 is 1.10 bits per heavy atom. The summed E-state index contributed by atoms with van der Waals surface area (Å²) in [5.41, 5.74) is -0.969. The first-order valence-electron chi connectivity index (χ1n) is 8.96. The lowest BCUT2D eigenvalue weighted by molar-refractivity contribution is -0.150. The molecule has 1 heterocycles. The molecule has 3 rings (SSSR count). The van der Waals surface area contributed by atoms with Crippen molar-refractivity contribution in [3.8, 4) is 17.2 Å². The van der Waals surface area contributed by atoms with E-state index in [1.807, 2.05) is 0 Å². The number of nitrogens with zero attached hydrogens (tertiary/aromatic N) is 1. The number of aromatic nitrogens is 1. The summed E-state index contributed by atoms with van der Waals surface area (Å²) in [5, 5.41) is 0.678. The number of halogens is 4. The van der Waals surface area contributed by atoms with Gasteiger partial charge in [-0.1, -0.05) is 11.6 Å². The van der Waals surface area contributed by atoms with E-state index in [0.717, 1.165) is 6.07 Å². The van der Waals surface area contributed by atoms with Crippen LogP contribution in [0.4, 0.5) is 13.2 Å². The molecule has 0 bridgehead atoms. The predicted molar refractivity (Wildman–Crippen MR) is 105 cm³/mol. The number of pyridine rings is 1. The number of rotatable bonds is 6. The third-order valence-electron chi connectivity index (χ3n) is 4.01. The Kier molecular flexibility index (Phi) is 6.36. The number of ether oxygens (including phenoxy) is 3. The molecule has 0 spiro atoms. The van der Waals surface area contributed by atoms with Gasteiger partial charge in [0.2, 0.25) is 0 Å². The van der Waals surface area contributed by atoms with Crippen molar-refractivity contribution in [2.45, 2.75) is 26.1 Å². The van der Waals surface area contributed by atoms with E-state index in [-0.39, 0.29) is 23.6 Å². The molecular weight excluding hydrogens is 423 g/mol. The lowest BCUT2D eigenvalue weighted by Crippen LogP contribution is -2.25. The highest BCUT2D eigenvalue weighted by Gasteiger charge is 2.33. The Bertz CT molecular complexity index is 1050. The lowest BCUT2D eigenvalue weighted by Gasteiger charge is -2.15. The molecule has 0 aliphatic carbocycles. The van der Waals surface area contributed by atoms with E-state index in [9.17, 15) is 18.0 Å². The van der Waals surface area contributed by atoms with Crippen LogP contribution in [0, 0.1) is 0 Å². The second-order valence-corrected chi connectivity index (χ2v) is 6.69. The topological polar surface area (TPSA) is 57.7 Å². The number of fused-ring (bicyclic) bond motifs is 1. The van der Waals surface area contributed by atoms with Gasteiger partial charge >= 0.3 is 12.1 Å². The Morgan fingerprint density at radius 3 is 2.40 bits per heavy atom. The standard InChI is InChI=1S/C21H17ClF3NO4/c1-3-28-20(27)12(2)29-14-5-7-15(8-6-14)30-18-11-19(21(23,24)25)26-17-9-4-13(22)10-16(17)18/h4-12H,3H2,1-2H3. The van der Waals surface area contributed by atoms with E-state index in [4.69, 9.17) is 25.8 Å². The second kappa shape index (κ2) is 8.79. The molecule has 9 heteroatoms. The van der Waals surface area contributed by atoms with Gasteiger partial charge in [0.25, 0.3) is 0 Å². The quantitative estimate of drug-likeness (QED) is 0.439. The summed E-state index contributed by atoms with van der Waals surface area (Å²) >= 11 is 5.98. The highest BCUT2D eigenvalue weighted by atomic mass is 35.5. The fraction of sp³-hybridized carbons (Fsp3) is 0.238. The smallest absolute Gasteiger partial charge is 0.433 e. The van der Waals surface area contributed by atoms with Gasteiger partial charge in [-0.2, -0.15) is 13.2 Å². The average molecular weight is 440 g/mol. The van der Waals surface area contributed by atoms with E-state index in [1.165, 1.54) is 42.5 Å². The van der Waals surface area contributed by atoms with Gasteiger partial charge in [-0.25, -0.2) is 9.78 Å². The predicted octanol–water partition coefficient (Wildman–Crippen LogP) is 6.03. The number of carbonyl (C=O) groups is 1. The highest BCUT2D eigenvalue weighted by Crippen LogP contribution is 2.37. The molecular formula is C21H17ClF3NO4. The zero-order chi connectivity index (χ0) is 21.9. The summed E-state index contributed by atoms with van der Waals surface area (Å²) in [6.45, 7) is 3.48. The van der Waals surface area contributed by atoms with Crippen molar-refractivity contribution in [1.29, 1.82) is 0 Å². The fourth-order valence-corrected chi connectivity index (χ4v) is 2.79. The van der Waals surface area contributed by atoms with E-state index < -0.39 is 23.9 Å². The van der Waals surface area contributed by atoms with E-state index in [2.05, 4.69) is 4.98 Å². The summed E-state index contributed by atoms with van der Waals surface area (Å²) in [4.78, 5) is 15.3. The number of hydrogen-bond acceptors (Lipinski definition) is 5. The zero-order valence-electron chi connectivity index (χ0n) is 16.0. The molecule has 0 saturated heterocycles. The summed E-state index contributed by atoms with van der Waals surface area (Å²) in [6.07, 6.45) is -5.44. The third-order valence-corrected chi connectivity index (χ3v) is 4.24. The largest absolute Gasteiger partial charge is 0.479 e. The molecule has 1 aromatic heterocycles. The molecule has 5 nitrogen and oxygen atoms in total. The number of hydrogen-bond donors (Lipinski definition) is 0. The highest BCUT2D eigenvalue weighted by molar-refractivity contribution is 6.31. The van der Waals surface area contributed by atoms with Crippen molar-refractivity contribution in [2.75, 3.05) is 6.61 Å². The van der Waals surface area contributed by atoms with E-state index in [0.29, 0.717) is 16.2 Å². The lowest BCUT2D eigenvalue weighted by atomic mass is 10.1. The molecule has 0 N–H and O–H groups in total. The van der Waals surface area contributed by atoms with Gasteiger partial charge in [0.15, 0.2) is 6.10 Å². The monoisotopic (exact) mass is 439 g/mol. The van der Waals surface area contributed by atoms with Gasteiger partial charge < -0.3 is 14.2 Å². The Hall–Kier alpha value is -3.00. The third kappa shape index (κ3) is 5.13. The molecule has 2 aromatic carbocycles. The van der Waals surface area contributed by atoms with Crippen LogP contribution in [0.2, 0.25) is 5.02 Å². The zero-order valence-corrected chi connectivity index (χ0v) is 16.8. The van der Waals surface area contributed by atoms with Crippen LogP contribution in [0.3, 0.4) is 0 Å². The van der Waals surface area contributed by atoms with Crippen molar-refractivity contribution in [2.24, 2.45) is 0 Å². The van der Waals surface area contributed by atoms with Gasteiger partial charge in [-0.3, -0.25) is 0 Å². The molecule has 1 atom stereocenters. The van der Waals surface area contributed by atoms with Crippen molar-refractivity contribution < 1.29 is 32.2 Å². The minimum Gasteiger partial charge on any atom is -0.479 e. The van der Waals surface area contributed by atoms with Gasteiger partial charge in [0.05, 0.1) is 12.1 Å². The SMILES string of the molecule is CCOC(=O)C(C)Oc1ccc(Oc2cc(C(F)(F)F)nc3ccc(Cl)cc23)cc1. The molecule has 0 radical (unpaired) electrons. The normalized spacial score (nSPS) is 12.5. The first-order chi connectivity index (χ1) is 14.2. The summed E-state index contributed by atoms with van der Waals surface area (Å²) in [6, 6.07) is 11.3. The van der Waals surface area contributed by atoms with Crippen molar-refractivity contribution in [1.82, 2.24) is 4.98 Å². The van der Waals surface area contributed by atoms with Crippen LogP contribution in [-0.4, -0.2) is 23.7 Å². The van der Waals surface area contributed by atoms with Crippen LogP contribution in [-0.2, 0) is 15.7 Å². The summed E-state index contributed by atoms with van der Waals surface area (Å²) in [5.74, 6) is 0.106. The molecule has 1 unspecified atom stereocenters. The average Bonchev–Trinajstić information content (AvgIpc) is 2.69. The summed E-state index contributed by atoms with van der Waals surface area (Å²) < 4.78 is 55.7. The molecule has 0 fully saturated rings. The second-order valence-electron chi connectivity index (χ2n) is 6.25. The maximum Gasteiger partial charge on any atom is 0.433 e. The van der Waals surface area contributed by atoms with Crippen LogP contribution in [0.15, 0.2) is 48.5 Å². The van der Waals surface area contributed by atoms with Gasteiger partial charge in [0, 0.05) is 16.5 Å². The molecule has 158 valence electrons.